The quantitative estimate of drug-likeness (QED) is 0.201. The highest BCUT2D eigenvalue weighted by Gasteiger charge is 2.17. The number of esters is 1. The van der Waals surface area contributed by atoms with Crippen LogP contribution in [0.1, 0.15) is 27.7 Å². The average Bonchev–Trinajstić information content (AvgIpc) is 2.31. The zero-order chi connectivity index (χ0) is 14.9. The maximum atomic E-state index is 11.2. The lowest BCUT2D eigenvalue weighted by Gasteiger charge is -2.24. The van der Waals surface area contributed by atoms with E-state index in [9.17, 15) is 4.79 Å². The van der Waals surface area contributed by atoms with Gasteiger partial charge >= 0.3 is 5.97 Å². The lowest BCUT2D eigenvalue weighted by molar-refractivity contribution is -0.190. The molecule has 0 aromatic rings. The molecule has 1 atom stereocenters. The smallest absolute Gasteiger partial charge is 0.333 e. The molecule has 5 heteroatoms. The Labute approximate surface area is 115 Å². The summed E-state index contributed by atoms with van der Waals surface area (Å²) >= 11 is 0. The van der Waals surface area contributed by atoms with Crippen LogP contribution in [0, 0.1) is 0 Å². The second-order valence-electron chi connectivity index (χ2n) is 4.59. The van der Waals surface area contributed by atoms with Gasteiger partial charge in [-0.25, -0.2) is 4.79 Å². The molecular weight excluding hydrogens is 248 g/mol. The SMILES string of the molecule is C=COC(C)(C)OCCOC(C)COC(=O)C(=C)C. The van der Waals surface area contributed by atoms with Crippen LogP contribution in [-0.2, 0) is 23.7 Å². The Morgan fingerprint density at radius 1 is 1.37 bits per heavy atom. The van der Waals surface area contributed by atoms with Crippen LogP contribution in [0.3, 0.4) is 0 Å². The fourth-order valence-corrected chi connectivity index (χ4v) is 1.14. The molecule has 0 aliphatic carbocycles. The minimum absolute atomic E-state index is 0.193. The second kappa shape index (κ2) is 8.72. The number of ether oxygens (including phenoxy) is 4. The van der Waals surface area contributed by atoms with Crippen molar-refractivity contribution in [2.45, 2.75) is 39.6 Å². The van der Waals surface area contributed by atoms with Crippen LogP contribution in [0.2, 0.25) is 0 Å². The molecule has 0 aromatic carbocycles. The van der Waals surface area contributed by atoms with Crippen LogP contribution < -0.4 is 0 Å². The van der Waals surface area contributed by atoms with Crippen LogP contribution in [0.4, 0.5) is 0 Å². The molecule has 0 radical (unpaired) electrons. The van der Waals surface area contributed by atoms with Gasteiger partial charge in [-0.15, -0.1) is 0 Å². The van der Waals surface area contributed by atoms with Crippen molar-refractivity contribution >= 4 is 5.97 Å². The van der Waals surface area contributed by atoms with Crippen LogP contribution >= 0.6 is 0 Å². The molecular formula is C14H24O5. The van der Waals surface area contributed by atoms with Gasteiger partial charge in [0.2, 0.25) is 5.79 Å². The van der Waals surface area contributed by atoms with E-state index in [1.165, 1.54) is 6.26 Å². The first-order valence-corrected chi connectivity index (χ1v) is 6.15. The molecule has 110 valence electrons. The number of carbonyl (C=O) groups excluding carboxylic acids is 1. The molecule has 1 unspecified atom stereocenters. The van der Waals surface area contributed by atoms with Gasteiger partial charge in [-0.3, -0.25) is 0 Å². The number of hydrogen-bond donors (Lipinski definition) is 0. The number of rotatable bonds is 10. The van der Waals surface area contributed by atoms with Crippen LogP contribution in [0.25, 0.3) is 0 Å². The van der Waals surface area contributed by atoms with Gasteiger partial charge < -0.3 is 18.9 Å². The highest BCUT2D eigenvalue weighted by molar-refractivity contribution is 5.86. The molecule has 0 fully saturated rings. The Morgan fingerprint density at radius 3 is 2.53 bits per heavy atom. The predicted octanol–water partition coefficient (Wildman–Crippen LogP) is 2.42. The normalized spacial score (nSPS) is 12.6. The van der Waals surface area contributed by atoms with Crippen molar-refractivity contribution in [3.63, 3.8) is 0 Å². The molecule has 0 spiro atoms. The van der Waals surface area contributed by atoms with Gasteiger partial charge in [-0.1, -0.05) is 13.2 Å². The second-order valence-corrected chi connectivity index (χ2v) is 4.59. The predicted molar refractivity (Wildman–Crippen MR) is 72.5 cm³/mol. The van der Waals surface area contributed by atoms with Crippen molar-refractivity contribution < 1.29 is 23.7 Å². The highest BCUT2D eigenvalue weighted by atomic mass is 16.7. The summed E-state index contributed by atoms with van der Waals surface area (Å²) in [6.45, 7) is 14.9. The minimum atomic E-state index is -0.721. The topological polar surface area (TPSA) is 54.0 Å². The van der Waals surface area contributed by atoms with Crippen molar-refractivity contribution in [1.82, 2.24) is 0 Å². The fourth-order valence-electron chi connectivity index (χ4n) is 1.14. The summed E-state index contributed by atoms with van der Waals surface area (Å²) in [5.74, 6) is -1.13. The Hall–Kier alpha value is -1.33. The zero-order valence-electron chi connectivity index (χ0n) is 12.2. The molecule has 19 heavy (non-hydrogen) atoms. The molecule has 0 heterocycles. The third-order valence-electron chi connectivity index (χ3n) is 2.10. The summed E-state index contributed by atoms with van der Waals surface area (Å²) in [4.78, 5) is 11.2. The Balaban J connectivity index is 3.69. The molecule has 0 aliphatic heterocycles. The fraction of sp³-hybridized carbons (Fsp3) is 0.643. The van der Waals surface area contributed by atoms with Gasteiger partial charge in [0.15, 0.2) is 0 Å². The van der Waals surface area contributed by atoms with Gasteiger partial charge in [-0.05, 0) is 13.8 Å². The average molecular weight is 272 g/mol. The molecule has 0 saturated carbocycles. The van der Waals surface area contributed by atoms with E-state index in [0.717, 1.165) is 0 Å². The van der Waals surface area contributed by atoms with Crippen molar-refractivity contribution in [2.75, 3.05) is 19.8 Å². The third kappa shape index (κ3) is 9.27. The number of hydrogen-bond acceptors (Lipinski definition) is 5. The van der Waals surface area contributed by atoms with E-state index < -0.39 is 11.8 Å². The largest absolute Gasteiger partial charge is 0.471 e. The lowest BCUT2D eigenvalue weighted by Crippen LogP contribution is -2.29. The van der Waals surface area contributed by atoms with Gasteiger partial charge in [0.25, 0.3) is 0 Å². The van der Waals surface area contributed by atoms with Gasteiger partial charge in [0.05, 0.1) is 25.6 Å². The monoisotopic (exact) mass is 272 g/mol. The van der Waals surface area contributed by atoms with Crippen molar-refractivity contribution in [1.29, 1.82) is 0 Å². The van der Waals surface area contributed by atoms with Gasteiger partial charge in [0, 0.05) is 19.4 Å². The Morgan fingerprint density at radius 2 is 2.00 bits per heavy atom. The van der Waals surface area contributed by atoms with Gasteiger partial charge in [0.1, 0.15) is 6.61 Å². The summed E-state index contributed by atoms with van der Waals surface area (Å²) in [5, 5.41) is 0. The first kappa shape index (κ1) is 17.7. The number of carbonyl (C=O) groups is 1. The van der Waals surface area contributed by atoms with E-state index in [1.807, 2.05) is 6.92 Å². The summed E-state index contributed by atoms with van der Waals surface area (Å²) in [6.07, 6.45) is 1.14. The molecule has 0 amide bonds. The van der Waals surface area contributed by atoms with E-state index in [-0.39, 0.29) is 12.7 Å². The highest BCUT2D eigenvalue weighted by Crippen LogP contribution is 2.10. The molecule has 0 aromatic heterocycles. The van der Waals surface area contributed by atoms with E-state index in [2.05, 4.69) is 13.2 Å². The first-order chi connectivity index (χ1) is 8.78. The molecule has 0 rings (SSSR count). The first-order valence-electron chi connectivity index (χ1n) is 6.15. The molecule has 0 bridgehead atoms. The van der Waals surface area contributed by atoms with Crippen molar-refractivity contribution in [3.8, 4) is 0 Å². The maximum Gasteiger partial charge on any atom is 0.333 e. The van der Waals surface area contributed by atoms with Crippen LogP contribution in [-0.4, -0.2) is 37.7 Å². The van der Waals surface area contributed by atoms with E-state index in [0.29, 0.717) is 18.8 Å². The minimum Gasteiger partial charge on any atom is -0.471 e. The van der Waals surface area contributed by atoms with E-state index >= 15 is 0 Å². The molecule has 0 saturated heterocycles. The van der Waals surface area contributed by atoms with Crippen molar-refractivity contribution in [3.05, 3.63) is 25.0 Å². The zero-order valence-corrected chi connectivity index (χ0v) is 12.2. The summed E-state index contributed by atoms with van der Waals surface area (Å²) in [6, 6.07) is 0. The lowest BCUT2D eigenvalue weighted by atomic mass is 10.3. The van der Waals surface area contributed by atoms with Crippen molar-refractivity contribution in [2.24, 2.45) is 0 Å². The Bertz CT molecular complexity index is 309. The molecule has 5 nitrogen and oxygen atoms in total. The molecule has 0 N–H and O–H groups in total. The van der Waals surface area contributed by atoms with Crippen LogP contribution in [0.15, 0.2) is 25.0 Å². The summed E-state index contributed by atoms with van der Waals surface area (Å²) in [5.41, 5.74) is 0.374. The summed E-state index contributed by atoms with van der Waals surface area (Å²) in [7, 11) is 0. The standard InChI is InChI=1S/C14H24O5/c1-7-18-14(5,6)19-9-8-16-12(4)10-17-13(15)11(2)3/h7,12H,1-2,8-10H2,3-6H3. The molecule has 0 aliphatic rings. The van der Waals surface area contributed by atoms with E-state index in [1.54, 1.807) is 20.8 Å². The van der Waals surface area contributed by atoms with Gasteiger partial charge in [-0.2, -0.15) is 0 Å². The van der Waals surface area contributed by atoms with E-state index in [4.69, 9.17) is 18.9 Å². The maximum absolute atomic E-state index is 11.2. The summed E-state index contributed by atoms with van der Waals surface area (Å²) < 4.78 is 21.0. The Kier molecular flexibility index (Phi) is 8.11. The third-order valence-corrected chi connectivity index (χ3v) is 2.10. The van der Waals surface area contributed by atoms with Crippen LogP contribution in [0.5, 0.6) is 0 Å².